The molecule has 0 amide bonds. The van der Waals surface area contributed by atoms with Crippen LogP contribution in [0.2, 0.25) is 0 Å². The lowest BCUT2D eigenvalue weighted by Crippen LogP contribution is -2.41. The second-order valence-corrected chi connectivity index (χ2v) is 4.01. The zero-order valence-corrected chi connectivity index (χ0v) is 9.19. The van der Waals surface area contributed by atoms with Crippen LogP contribution in [0.15, 0.2) is 0 Å². The third-order valence-corrected chi connectivity index (χ3v) is 2.39. The molecular weight excluding hydrogens is 200 g/mol. The molecule has 0 saturated carbocycles. The molecule has 2 unspecified atom stereocenters. The molecule has 1 fully saturated rings. The summed E-state index contributed by atoms with van der Waals surface area (Å²) in [6.45, 7) is 3.30. The summed E-state index contributed by atoms with van der Waals surface area (Å²) >= 11 is 0. The number of rotatable bonds is 5. The number of aliphatic hydroxyl groups is 1. The van der Waals surface area contributed by atoms with Gasteiger partial charge in [-0.25, -0.2) is 4.79 Å². The minimum absolute atomic E-state index is 0.0455. The van der Waals surface area contributed by atoms with Crippen molar-refractivity contribution in [2.24, 2.45) is 5.92 Å². The molecule has 1 rings (SSSR count). The van der Waals surface area contributed by atoms with Gasteiger partial charge in [0.15, 0.2) is 5.60 Å². The molecule has 0 spiro atoms. The highest BCUT2D eigenvalue weighted by molar-refractivity contribution is 5.78. The number of carbonyl (C=O) groups excluding carboxylic acids is 1. The number of esters is 1. The zero-order valence-electron chi connectivity index (χ0n) is 9.19. The van der Waals surface area contributed by atoms with Crippen molar-refractivity contribution in [3.63, 3.8) is 0 Å². The minimum atomic E-state index is -1.56. The molecule has 0 aromatic heterocycles. The van der Waals surface area contributed by atoms with Gasteiger partial charge in [0.1, 0.15) is 0 Å². The average molecular weight is 218 g/mol. The average Bonchev–Trinajstić information content (AvgIpc) is 2.69. The lowest BCUT2D eigenvalue weighted by molar-refractivity contribution is -0.166. The topological polar surface area (TPSA) is 65.0 Å². The van der Waals surface area contributed by atoms with Crippen LogP contribution in [0, 0.1) is 5.92 Å². The molecule has 15 heavy (non-hydrogen) atoms. The number of hydrogen-bond donors (Lipinski definition) is 1. The largest absolute Gasteiger partial charge is 0.467 e. The first-order valence-electron chi connectivity index (χ1n) is 5.02. The quantitative estimate of drug-likeness (QED) is 0.656. The summed E-state index contributed by atoms with van der Waals surface area (Å²) in [6.07, 6.45) is 0.973. The Morgan fingerprint density at radius 1 is 1.67 bits per heavy atom. The summed E-state index contributed by atoms with van der Waals surface area (Å²) in [7, 11) is 1.24. The third-order valence-electron chi connectivity index (χ3n) is 2.39. The predicted molar refractivity (Wildman–Crippen MR) is 52.4 cm³/mol. The fourth-order valence-electron chi connectivity index (χ4n) is 1.42. The van der Waals surface area contributed by atoms with Crippen molar-refractivity contribution in [3.8, 4) is 0 Å². The van der Waals surface area contributed by atoms with E-state index in [1.54, 1.807) is 0 Å². The zero-order chi connectivity index (χ0) is 11.3. The fourth-order valence-corrected chi connectivity index (χ4v) is 1.42. The second-order valence-electron chi connectivity index (χ2n) is 4.01. The normalized spacial score (nSPS) is 24.9. The Labute approximate surface area is 89.3 Å². The molecule has 1 N–H and O–H groups in total. The van der Waals surface area contributed by atoms with E-state index in [1.165, 1.54) is 14.0 Å². The first kappa shape index (κ1) is 12.4. The van der Waals surface area contributed by atoms with E-state index < -0.39 is 11.6 Å². The van der Waals surface area contributed by atoms with Gasteiger partial charge in [0.2, 0.25) is 0 Å². The van der Waals surface area contributed by atoms with Crippen LogP contribution in [-0.4, -0.2) is 50.2 Å². The van der Waals surface area contributed by atoms with Crippen LogP contribution in [0.25, 0.3) is 0 Å². The van der Waals surface area contributed by atoms with Crippen molar-refractivity contribution in [2.45, 2.75) is 18.9 Å². The van der Waals surface area contributed by atoms with Crippen LogP contribution in [0.1, 0.15) is 13.3 Å². The van der Waals surface area contributed by atoms with E-state index in [2.05, 4.69) is 4.74 Å². The van der Waals surface area contributed by atoms with Gasteiger partial charge in [0.25, 0.3) is 0 Å². The van der Waals surface area contributed by atoms with Gasteiger partial charge in [-0.2, -0.15) is 0 Å². The molecule has 5 heteroatoms. The van der Waals surface area contributed by atoms with Crippen molar-refractivity contribution in [1.29, 1.82) is 0 Å². The maximum absolute atomic E-state index is 11.1. The van der Waals surface area contributed by atoms with E-state index in [9.17, 15) is 9.90 Å². The first-order chi connectivity index (χ1) is 7.06. The molecule has 2 atom stereocenters. The molecule has 0 aliphatic carbocycles. The summed E-state index contributed by atoms with van der Waals surface area (Å²) in [5.41, 5.74) is -1.56. The maximum atomic E-state index is 11.1. The third kappa shape index (κ3) is 3.77. The van der Waals surface area contributed by atoms with Crippen LogP contribution in [-0.2, 0) is 19.0 Å². The van der Waals surface area contributed by atoms with Crippen molar-refractivity contribution in [2.75, 3.05) is 33.5 Å². The first-order valence-corrected chi connectivity index (χ1v) is 5.02. The Balaban J connectivity index is 2.20. The van der Waals surface area contributed by atoms with Gasteiger partial charge < -0.3 is 19.3 Å². The summed E-state index contributed by atoms with van der Waals surface area (Å²) < 4.78 is 14.9. The van der Waals surface area contributed by atoms with Crippen LogP contribution in [0.3, 0.4) is 0 Å². The van der Waals surface area contributed by atoms with E-state index >= 15 is 0 Å². The van der Waals surface area contributed by atoms with Gasteiger partial charge in [-0.15, -0.1) is 0 Å². The Kier molecular flexibility index (Phi) is 4.50. The van der Waals surface area contributed by atoms with E-state index in [4.69, 9.17) is 9.47 Å². The standard InChI is InChI=1S/C10H18O5/c1-10(12,9(11)13-2)7-15-6-8-3-4-14-5-8/h8,12H,3-7H2,1-2H3. The molecule has 0 radical (unpaired) electrons. The lowest BCUT2D eigenvalue weighted by atomic mass is 10.1. The summed E-state index contributed by atoms with van der Waals surface area (Å²) in [4.78, 5) is 11.1. The lowest BCUT2D eigenvalue weighted by Gasteiger charge is -2.20. The molecule has 5 nitrogen and oxygen atoms in total. The minimum Gasteiger partial charge on any atom is -0.467 e. The summed E-state index contributed by atoms with van der Waals surface area (Å²) in [5.74, 6) is -0.302. The van der Waals surface area contributed by atoms with Crippen molar-refractivity contribution >= 4 is 5.97 Å². The molecule has 1 saturated heterocycles. The van der Waals surface area contributed by atoms with E-state index in [1.807, 2.05) is 0 Å². The van der Waals surface area contributed by atoms with Gasteiger partial charge in [0.05, 0.1) is 26.9 Å². The van der Waals surface area contributed by atoms with Crippen molar-refractivity contribution in [1.82, 2.24) is 0 Å². The molecule has 1 heterocycles. The van der Waals surface area contributed by atoms with E-state index in [-0.39, 0.29) is 6.61 Å². The fraction of sp³-hybridized carbons (Fsp3) is 0.900. The molecule has 0 aromatic carbocycles. The summed E-state index contributed by atoms with van der Waals surface area (Å²) in [6, 6.07) is 0. The van der Waals surface area contributed by atoms with Crippen LogP contribution < -0.4 is 0 Å². The SMILES string of the molecule is COC(=O)C(C)(O)COCC1CCOC1. The molecule has 1 aliphatic heterocycles. The van der Waals surface area contributed by atoms with Crippen LogP contribution >= 0.6 is 0 Å². The molecular formula is C10H18O5. The van der Waals surface area contributed by atoms with Gasteiger partial charge in [-0.05, 0) is 13.3 Å². The number of hydrogen-bond acceptors (Lipinski definition) is 5. The second kappa shape index (κ2) is 5.44. The molecule has 0 aromatic rings. The van der Waals surface area contributed by atoms with Gasteiger partial charge in [0, 0.05) is 12.5 Å². The number of ether oxygens (including phenoxy) is 3. The van der Waals surface area contributed by atoms with E-state index in [0.717, 1.165) is 13.0 Å². The number of carbonyl (C=O) groups is 1. The molecule has 1 aliphatic rings. The van der Waals surface area contributed by atoms with Gasteiger partial charge >= 0.3 is 5.97 Å². The summed E-state index contributed by atoms with van der Waals surface area (Å²) in [5, 5.41) is 9.63. The Bertz CT molecular complexity index is 208. The van der Waals surface area contributed by atoms with E-state index in [0.29, 0.717) is 19.1 Å². The molecule has 0 bridgehead atoms. The number of methoxy groups -OCH3 is 1. The predicted octanol–water partition coefficient (Wildman–Crippen LogP) is -0.0365. The Morgan fingerprint density at radius 2 is 2.40 bits per heavy atom. The monoisotopic (exact) mass is 218 g/mol. The smallest absolute Gasteiger partial charge is 0.339 e. The van der Waals surface area contributed by atoms with Crippen LogP contribution in [0.5, 0.6) is 0 Å². The highest BCUT2D eigenvalue weighted by atomic mass is 16.6. The van der Waals surface area contributed by atoms with Crippen LogP contribution in [0.4, 0.5) is 0 Å². The Hall–Kier alpha value is -0.650. The van der Waals surface area contributed by atoms with Gasteiger partial charge in [-0.3, -0.25) is 0 Å². The Morgan fingerprint density at radius 3 is 2.93 bits per heavy atom. The highest BCUT2D eigenvalue weighted by Gasteiger charge is 2.32. The highest BCUT2D eigenvalue weighted by Crippen LogP contribution is 2.14. The van der Waals surface area contributed by atoms with Gasteiger partial charge in [-0.1, -0.05) is 0 Å². The van der Waals surface area contributed by atoms with Crippen molar-refractivity contribution < 1.29 is 24.1 Å². The molecule has 88 valence electrons. The van der Waals surface area contributed by atoms with Crippen molar-refractivity contribution in [3.05, 3.63) is 0 Å². The maximum Gasteiger partial charge on any atom is 0.339 e.